The minimum absolute atomic E-state index is 0.0297. The van der Waals surface area contributed by atoms with E-state index in [1.54, 1.807) is 6.20 Å². The Bertz CT molecular complexity index is 604. The molecular formula is C16H21ClFN3. The molecule has 1 heterocycles. The number of nitrogens with one attached hydrogen (secondary N) is 1. The maximum absolute atomic E-state index is 13.2. The van der Waals surface area contributed by atoms with Gasteiger partial charge in [-0.1, -0.05) is 37.6 Å². The zero-order chi connectivity index (χ0) is 15.6. The standard InChI is InChI=1S/C16H21ClFN3/c1-5-21-14(13(17)10-20-21)15(19-4)16(2,3)11-6-8-12(18)9-7-11/h6-10,15,19H,5H2,1-4H3. The van der Waals surface area contributed by atoms with E-state index in [2.05, 4.69) is 24.3 Å². The molecule has 1 aromatic heterocycles. The molecule has 21 heavy (non-hydrogen) atoms. The predicted octanol–water partition coefficient (Wildman–Crippen LogP) is 3.93. The molecule has 0 amide bonds. The van der Waals surface area contributed by atoms with Gasteiger partial charge in [0.25, 0.3) is 0 Å². The maximum Gasteiger partial charge on any atom is 0.123 e. The molecule has 1 N–H and O–H groups in total. The van der Waals surface area contributed by atoms with Crippen LogP contribution in [0.2, 0.25) is 5.02 Å². The van der Waals surface area contributed by atoms with Crippen molar-refractivity contribution in [1.29, 1.82) is 0 Å². The van der Waals surface area contributed by atoms with Gasteiger partial charge in [0, 0.05) is 12.0 Å². The number of rotatable bonds is 5. The molecule has 5 heteroatoms. The average molecular weight is 310 g/mol. The van der Waals surface area contributed by atoms with Crippen molar-refractivity contribution in [1.82, 2.24) is 15.1 Å². The third kappa shape index (κ3) is 2.97. The number of hydrogen-bond acceptors (Lipinski definition) is 2. The molecule has 2 aromatic rings. The minimum Gasteiger partial charge on any atom is -0.311 e. The third-order valence-corrected chi connectivity index (χ3v) is 4.30. The molecule has 0 bridgehead atoms. The quantitative estimate of drug-likeness (QED) is 0.907. The molecule has 0 aliphatic heterocycles. The fourth-order valence-corrected chi connectivity index (χ4v) is 3.05. The van der Waals surface area contributed by atoms with Crippen molar-refractivity contribution in [3.05, 3.63) is 52.6 Å². The van der Waals surface area contributed by atoms with Gasteiger partial charge in [0.05, 0.1) is 23.0 Å². The molecule has 0 radical (unpaired) electrons. The van der Waals surface area contributed by atoms with Crippen LogP contribution < -0.4 is 5.32 Å². The molecule has 0 aliphatic carbocycles. The van der Waals surface area contributed by atoms with Gasteiger partial charge in [0.2, 0.25) is 0 Å². The molecule has 0 spiro atoms. The van der Waals surface area contributed by atoms with Gasteiger partial charge in [-0.15, -0.1) is 0 Å². The van der Waals surface area contributed by atoms with Gasteiger partial charge in [0.15, 0.2) is 0 Å². The molecule has 0 aliphatic rings. The second-order valence-electron chi connectivity index (χ2n) is 5.64. The lowest BCUT2D eigenvalue weighted by Crippen LogP contribution is -2.37. The van der Waals surface area contributed by atoms with E-state index < -0.39 is 0 Å². The molecule has 0 saturated heterocycles. The van der Waals surface area contributed by atoms with Crippen LogP contribution in [0.4, 0.5) is 4.39 Å². The number of likely N-dealkylation sites (N-methyl/N-ethyl adjacent to an activating group) is 1. The summed E-state index contributed by atoms with van der Waals surface area (Å²) in [6.45, 7) is 7.01. The highest BCUT2D eigenvalue weighted by atomic mass is 35.5. The Kier molecular flexibility index (Phi) is 4.69. The summed E-state index contributed by atoms with van der Waals surface area (Å²) in [5.41, 5.74) is 1.73. The predicted molar refractivity (Wildman–Crippen MR) is 84.1 cm³/mol. The summed E-state index contributed by atoms with van der Waals surface area (Å²) in [6, 6.07) is 6.59. The summed E-state index contributed by atoms with van der Waals surface area (Å²) in [5.74, 6) is -0.229. The average Bonchev–Trinajstić information content (AvgIpc) is 2.81. The van der Waals surface area contributed by atoms with Gasteiger partial charge in [0.1, 0.15) is 5.82 Å². The van der Waals surface area contributed by atoms with Crippen LogP contribution in [0.15, 0.2) is 30.5 Å². The Labute approximate surface area is 130 Å². The van der Waals surface area contributed by atoms with Gasteiger partial charge in [-0.3, -0.25) is 4.68 Å². The first-order valence-electron chi connectivity index (χ1n) is 7.06. The van der Waals surface area contributed by atoms with Crippen LogP contribution in [0, 0.1) is 5.82 Å². The van der Waals surface area contributed by atoms with Gasteiger partial charge in [-0.25, -0.2) is 4.39 Å². The van der Waals surface area contributed by atoms with Crippen molar-refractivity contribution in [3.63, 3.8) is 0 Å². The Morgan fingerprint density at radius 3 is 2.48 bits per heavy atom. The second kappa shape index (κ2) is 6.16. The SMILES string of the molecule is CCn1ncc(Cl)c1C(NC)C(C)(C)c1ccc(F)cc1. The van der Waals surface area contributed by atoms with E-state index in [9.17, 15) is 4.39 Å². The van der Waals surface area contributed by atoms with E-state index in [0.29, 0.717) is 5.02 Å². The van der Waals surface area contributed by atoms with E-state index in [1.807, 2.05) is 30.8 Å². The van der Waals surface area contributed by atoms with E-state index in [1.165, 1.54) is 12.1 Å². The lowest BCUT2D eigenvalue weighted by Gasteiger charge is -2.35. The fraction of sp³-hybridized carbons (Fsp3) is 0.438. The lowest BCUT2D eigenvalue weighted by atomic mass is 9.76. The van der Waals surface area contributed by atoms with Crippen molar-refractivity contribution in [3.8, 4) is 0 Å². The molecule has 114 valence electrons. The number of benzene rings is 1. The van der Waals surface area contributed by atoms with Crippen LogP contribution in [-0.4, -0.2) is 16.8 Å². The minimum atomic E-state index is -0.265. The van der Waals surface area contributed by atoms with Crippen LogP contribution in [0.5, 0.6) is 0 Å². The Balaban J connectivity index is 2.48. The Hall–Kier alpha value is -1.39. The number of nitrogens with zero attached hydrogens (tertiary/aromatic N) is 2. The van der Waals surface area contributed by atoms with Crippen molar-refractivity contribution < 1.29 is 4.39 Å². The van der Waals surface area contributed by atoms with Crippen LogP contribution in [-0.2, 0) is 12.0 Å². The van der Waals surface area contributed by atoms with Crippen molar-refractivity contribution in [2.24, 2.45) is 0 Å². The zero-order valence-electron chi connectivity index (χ0n) is 12.8. The number of halogens is 2. The molecule has 1 aromatic carbocycles. The van der Waals surface area contributed by atoms with Crippen LogP contribution in [0.25, 0.3) is 0 Å². The first-order valence-corrected chi connectivity index (χ1v) is 7.44. The smallest absolute Gasteiger partial charge is 0.123 e. The van der Waals surface area contributed by atoms with Gasteiger partial charge >= 0.3 is 0 Å². The summed E-state index contributed by atoms with van der Waals surface area (Å²) in [4.78, 5) is 0. The van der Waals surface area contributed by atoms with Gasteiger partial charge in [-0.2, -0.15) is 5.10 Å². The number of aromatic nitrogens is 2. The Morgan fingerprint density at radius 2 is 1.95 bits per heavy atom. The fourth-order valence-electron chi connectivity index (χ4n) is 2.80. The van der Waals surface area contributed by atoms with Crippen LogP contribution in [0.3, 0.4) is 0 Å². The largest absolute Gasteiger partial charge is 0.311 e. The highest BCUT2D eigenvalue weighted by molar-refractivity contribution is 6.31. The summed E-state index contributed by atoms with van der Waals surface area (Å²) >= 11 is 6.33. The normalized spacial score (nSPS) is 13.4. The first kappa shape index (κ1) is 16.0. The van der Waals surface area contributed by atoms with E-state index >= 15 is 0 Å². The summed E-state index contributed by atoms with van der Waals surface area (Å²) in [5, 5.41) is 8.29. The Morgan fingerprint density at radius 1 is 1.33 bits per heavy atom. The molecule has 0 fully saturated rings. The van der Waals surface area contributed by atoms with E-state index in [4.69, 9.17) is 11.6 Å². The van der Waals surface area contributed by atoms with Crippen molar-refractivity contribution in [2.75, 3.05) is 7.05 Å². The van der Waals surface area contributed by atoms with Crippen LogP contribution >= 0.6 is 11.6 Å². The molecule has 2 rings (SSSR count). The maximum atomic E-state index is 13.2. The monoisotopic (exact) mass is 309 g/mol. The summed E-state index contributed by atoms with van der Waals surface area (Å²) in [6.07, 6.45) is 1.67. The number of hydrogen-bond donors (Lipinski definition) is 1. The molecule has 1 atom stereocenters. The zero-order valence-corrected chi connectivity index (χ0v) is 13.6. The second-order valence-corrected chi connectivity index (χ2v) is 6.05. The van der Waals surface area contributed by atoms with Gasteiger partial charge in [-0.05, 0) is 31.7 Å². The molecule has 0 saturated carbocycles. The lowest BCUT2D eigenvalue weighted by molar-refractivity contribution is 0.346. The highest BCUT2D eigenvalue weighted by Crippen LogP contribution is 2.39. The summed E-state index contributed by atoms with van der Waals surface area (Å²) < 4.78 is 15.1. The first-order chi connectivity index (χ1) is 9.91. The third-order valence-electron chi connectivity index (χ3n) is 4.00. The number of aryl methyl sites for hydroxylation is 1. The molecular weight excluding hydrogens is 289 g/mol. The van der Waals surface area contributed by atoms with Crippen LogP contribution in [0.1, 0.15) is 38.1 Å². The summed E-state index contributed by atoms with van der Waals surface area (Å²) in [7, 11) is 1.90. The van der Waals surface area contributed by atoms with Crippen molar-refractivity contribution in [2.45, 2.75) is 38.8 Å². The van der Waals surface area contributed by atoms with Gasteiger partial charge < -0.3 is 5.32 Å². The van der Waals surface area contributed by atoms with E-state index in [-0.39, 0.29) is 17.3 Å². The topological polar surface area (TPSA) is 29.9 Å². The van der Waals surface area contributed by atoms with E-state index in [0.717, 1.165) is 17.8 Å². The highest BCUT2D eigenvalue weighted by Gasteiger charge is 2.35. The molecule has 3 nitrogen and oxygen atoms in total. The molecule has 1 unspecified atom stereocenters. The van der Waals surface area contributed by atoms with Crippen molar-refractivity contribution >= 4 is 11.6 Å².